The maximum absolute atomic E-state index is 13.2. The lowest BCUT2D eigenvalue weighted by Crippen LogP contribution is -2.59. The van der Waals surface area contributed by atoms with Gasteiger partial charge in [-0.25, -0.2) is 14.4 Å². The molecule has 0 bridgehead atoms. The van der Waals surface area contributed by atoms with Gasteiger partial charge in [0.1, 0.15) is 24.2 Å². The van der Waals surface area contributed by atoms with Gasteiger partial charge >= 0.3 is 17.9 Å². The summed E-state index contributed by atoms with van der Waals surface area (Å²) in [6.45, 7) is -0.856. The molecule has 0 saturated heterocycles. The summed E-state index contributed by atoms with van der Waals surface area (Å²) >= 11 is 2.76. The minimum Gasteiger partial charge on any atom is -0.480 e. The molecule has 0 unspecified atom stereocenters. The molecular weight excluding hydrogens is 636 g/mol. The van der Waals surface area contributed by atoms with Gasteiger partial charge in [0, 0.05) is 37.4 Å². The summed E-state index contributed by atoms with van der Waals surface area (Å²) in [4.78, 5) is 96.6. The van der Waals surface area contributed by atoms with E-state index in [0.29, 0.717) is 11.5 Å². The van der Waals surface area contributed by atoms with Crippen LogP contribution >= 0.6 is 23.5 Å². The highest BCUT2D eigenvalue weighted by Gasteiger charge is 2.30. The van der Waals surface area contributed by atoms with Crippen molar-refractivity contribution < 1.29 is 52.9 Å². The summed E-state index contributed by atoms with van der Waals surface area (Å²) < 4.78 is 8.74. The molecule has 0 aliphatic carbocycles. The van der Waals surface area contributed by atoms with E-state index in [1.807, 2.05) is 0 Å². The number of aliphatic carboxylic acids is 1. The van der Waals surface area contributed by atoms with Crippen molar-refractivity contribution in [3.63, 3.8) is 0 Å². The number of carboxylic acid groups (broad SMARTS) is 1. The van der Waals surface area contributed by atoms with Crippen LogP contribution in [-0.2, 0) is 47.8 Å². The van der Waals surface area contributed by atoms with Crippen molar-refractivity contribution in [3.05, 3.63) is 24.3 Å². The third-order valence-electron chi connectivity index (χ3n) is 5.56. The van der Waals surface area contributed by atoms with Crippen molar-refractivity contribution in [1.29, 1.82) is 0 Å². The van der Waals surface area contributed by atoms with E-state index >= 15 is 0 Å². The predicted molar refractivity (Wildman–Crippen MR) is 166 cm³/mol. The summed E-state index contributed by atoms with van der Waals surface area (Å²) in [5.74, 6) is -6.06. The Hall–Kier alpha value is -4.10. The van der Waals surface area contributed by atoms with Crippen LogP contribution in [0.5, 0.6) is 0 Å². The van der Waals surface area contributed by atoms with Gasteiger partial charge in [-0.05, 0) is 36.9 Å². The number of carboxylic acids is 1. The first kappa shape index (κ1) is 40.9. The number of rotatable bonds is 21. The zero-order valence-corrected chi connectivity index (χ0v) is 26.9. The molecule has 45 heavy (non-hydrogen) atoms. The molecule has 252 valence electrons. The van der Waals surface area contributed by atoms with Crippen molar-refractivity contribution in [2.75, 3.05) is 51.3 Å². The SMILES string of the molecule is COC(=O)/C=C/C(=O)NC[C@H](NC(=O)[C@@H](CCSC)NC(=O)[C@@H](CCSC)NC(=O)[C@@H](N)CNC(=O)/C=C/C(=O)OC)C(=O)O. The van der Waals surface area contributed by atoms with Gasteiger partial charge in [-0.15, -0.1) is 0 Å². The third-order valence-corrected chi connectivity index (χ3v) is 6.85. The number of hydrogen-bond acceptors (Lipinski definition) is 13. The number of carbonyl (C=O) groups is 8. The molecule has 8 N–H and O–H groups in total. The molecule has 0 aromatic carbocycles. The highest BCUT2D eigenvalue weighted by molar-refractivity contribution is 7.98. The molecule has 0 spiro atoms. The first-order valence-corrected chi connectivity index (χ1v) is 16.0. The topological polar surface area (TPSA) is 261 Å². The number of nitrogens with two attached hydrogens (primary N) is 1. The molecule has 0 heterocycles. The first-order chi connectivity index (χ1) is 21.3. The number of thioether (sulfide) groups is 2. The Kier molecular flexibility index (Phi) is 21.2. The van der Waals surface area contributed by atoms with Gasteiger partial charge in [0.05, 0.1) is 14.2 Å². The lowest BCUT2D eigenvalue weighted by molar-refractivity contribution is -0.142. The number of amides is 5. The minimum absolute atomic E-state index is 0.104. The van der Waals surface area contributed by atoms with Crippen LogP contribution in [0.25, 0.3) is 0 Å². The molecule has 4 atom stereocenters. The van der Waals surface area contributed by atoms with Gasteiger partial charge in [0.25, 0.3) is 0 Å². The fraction of sp³-hybridized carbons (Fsp3) is 0.538. The van der Waals surface area contributed by atoms with Crippen LogP contribution in [0.2, 0.25) is 0 Å². The lowest BCUT2D eigenvalue weighted by Gasteiger charge is -2.25. The maximum Gasteiger partial charge on any atom is 0.330 e. The van der Waals surface area contributed by atoms with Crippen molar-refractivity contribution >= 4 is 71.0 Å². The molecule has 5 amide bonds. The van der Waals surface area contributed by atoms with Crippen LogP contribution in [0.3, 0.4) is 0 Å². The standard InChI is InChI=1S/C26H40N6O11S2/c1-42-21(35)7-5-19(33)28-13-15(27)23(37)30-16(9-11-44-3)24(38)31-17(10-12-45-4)25(39)32-18(26(40)41)14-29-20(34)6-8-22(36)43-2/h5-8,15-18H,9-14,27H2,1-4H3,(H,28,33)(H,29,34)(H,30,37)(H,31,38)(H,32,39)(H,40,41)/b7-5+,8-6+/t15-,16+,17+,18-/m0/s1. The number of nitrogens with one attached hydrogen (secondary N) is 5. The van der Waals surface area contributed by atoms with Gasteiger partial charge in [-0.1, -0.05) is 0 Å². The van der Waals surface area contributed by atoms with E-state index in [1.54, 1.807) is 12.5 Å². The molecule has 0 aromatic heterocycles. The van der Waals surface area contributed by atoms with Crippen molar-refractivity contribution in [2.24, 2.45) is 5.73 Å². The summed E-state index contributed by atoms with van der Waals surface area (Å²) in [5.41, 5.74) is 5.85. The highest BCUT2D eigenvalue weighted by atomic mass is 32.2. The normalized spacial score (nSPS) is 13.5. The molecule has 0 radical (unpaired) electrons. The maximum atomic E-state index is 13.2. The second-order valence-electron chi connectivity index (χ2n) is 8.89. The van der Waals surface area contributed by atoms with E-state index in [4.69, 9.17) is 5.73 Å². The molecular formula is C26H40N6O11S2. The Labute approximate surface area is 268 Å². The molecule has 0 aromatic rings. The number of esters is 2. The highest BCUT2D eigenvalue weighted by Crippen LogP contribution is 2.06. The van der Waals surface area contributed by atoms with Crippen molar-refractivity contribution in [2.45, 2.75) is 37.0 Å². The largest absolute Gasteiger partial charge is 0.480 e. The summed E-state index contributed by atoms with van der Waals surface area (Å²) in [5, 5.41) is 21.4. The van der Waals surface area contributed by atoms with E-state index in [1.165, 1.54) is 23.5 Å². The fourth-order valence-corrected chi connectivity index (χ4v) is 4.02. The second kappa shape index (κ2) is 23.3. The Morgan fingerprint density at radius 3 is 1.47 bits per heavy atom. The van der Waals surface area contributed by atoms with Crippen molar-refractivity contribution in [1.82, 2.24) is 26.6 Å². The Bertz CT molecular complexity index is 1120. The molecule has 0 aliphatic heterocycles. The van der Waals surface area contributed by atoms with Crippen LogP contribution in [0.4, 0.5) is 0 Å². The zero-order chi connectivity index (χ0) is 34.4. The van der Waals surface area contributed by atoms with Crippen LogP contribution in [-0.4, -0.2) is 128 Å². The zero-order valence-electron chi connectivity index (χ0n) is 25.3. The van der Waals surface area contributed by atoms with Gasteiger partial charge in [0.2, 0.25) is 29.5 Å². The van der Waals surface area contributed by atoms with E-state index in [2.05, 4.69) is 36.1 Å². The number of ether oxygens (including phenoxy) is 2. The van der Waals surface area contributed by atoms with Gasteiger partial charge in [0.15, 0.2) is 0 Å². The fourth-order valence-electron chi connectivity index (χ4n) is 3.08. The number of hydrogen-bond donors (Lipinski definition) is 7. The quantitative estimate of drug-likeness (QED) is 0.0474. The van der Waals surface area contributed by atoms with Gasteiger partial charge < -0.3 is 46.9 Å². The van der Waals surface area contributed by atoms with Gasteiger partial charge in [-0.3, -0.25) is 24.0 Å². The van der Waals surface area contributed by atoms with Gasteiger partial charge in [-0.2, -0.15) is 23.5 Å². The summed E-state index contributed by atoms with van der Waals surface area (Å²) in [6.07, 6.45) is 7.25. The summed E-state index contributed by atoms with van der Waals surface area (Å²) in [7, 11) is 2.25. The Balaban J connectivity index is 5.48. The average Bonchev–Trinajstić information content (AvgIpc) is 3.02. The molecule has 0 rings (SSSR count). The van der Waals surface area contributed by atoms with E-state index in [-0.39, 0.29) is 19.4 Å². The van der Waals surface area contributed by atoms with Crippen LogP contribution in [0, 0.1) is 0 Å². The molecule has 0 aliphatic rings. The smallest absolute Gasteiger partial charge is 0.330 e. The lowest BCUT2D eigenvalue weighted by atomic mass is 10.1. The monoisotopic (exact) mass is 676 g/mol. The molecule has 19 heteroatoms. The van der Waals surface area contributed by atoms with Crippen LogP contribution in [0.1, 0.15) is 12.8 Å². The van der Waals surface area contributed by atoms with Crippen LogP contribution < -0.4 is 32.3 Å². The van der Waals surface area contributed by atoms with Crippen molar-refractivity contribution in [3.8, 4) is 0 Å². The molecule has 17 nitrogen and oxygen atoms in total. The van der Waals surface area contributed by atoms with E-state index < -0.39 is 78.2 Å². The number of carbonyl (C=O) groups excluding carboxylic acids is 7. The average molecular weight is 677 g/mol. The number of methoxy groups -OCH3 is 2. The first-order valence-electron chi connectivity index (χ1n) is 13.2. The third kappa shape index (κ3) is 18.3. The van der Waals surface area contributed by atoms with E-state index in [9.17, 15) is 43.5 Å². The van der Waals surface area contributed by atoms with E-state index in [0.717, 1.165) is 38.5 Å². The Morgan fingerprint density at radius 1 is 0.667 bits per heavy atom. The minimum atomic E-state index is -1.58. The second-order valence-corrected chi connectivity index (χ2v) is 10.9. The summed E-state index contributed by atoms with van der Waals surface area (Å²) in [6, 6.07) is -5.18. The molecule has 0 fully saturated rings. The predicted octanol–water partition coefficient (Wildman–Crippen LogP) is -2.95. The van der Waals surface area contributed by atoms with Crippen LogP contribution in [0.15, 0.2) is 24.3 Å². The Morgan fingerprint density at radius 2 is 1.07 bits per heavy atom. The molecule has 0 saturated carbocycles.